The minimum Gasteiger partial charge on any atom is -0.394 e. The molecule has 27 heavy (non-hydrogen) atoms. The summed E-state index contributed by atoms with van der Waals surface area (Å²) in [5.41, 5.74) is -0.688. The number of carbonyl (C=O) groups excluding carboxylic acids is 1. The molecule has 154 valence electrons. The summed E-state index contributed by atoms with van der Waals surface area (Å²) in [7, 11) is 1.62. The third-order valence-corrected chi connectivity index (χ3v) is 5.45. The first kappa shape index (κ1) is 23.6. The van der Waals surface area contributed by atoms with E-state index in [1.807, 2.05) is 0 Å². The van der Waals surface area contributed by atoms with Crippen LogP contribution in [-0.4, -0.2) is 51.3 Å². The SMILES string of the molecule is CC(C)CCCC(C)CCCC(C)(O)C(CO)N(C)C(=O)c1cccnc1. The molecule has 0 spiro atoms. The first-order valence-corrected chi connectivity index (χ1v) is 10.2. The fourth-order valence-corrected chi connectivity index (χ4v) is 3.56. The monoisotopic (exact) mass is 378 g/mol. The molecule has 0 aromatic carbocycles. The van der Waals surface area contributed by atoms with Crippen LogP contribution < -0.4 is 0 Å². The zero-order valence-corrected chi connectivity index (χ0v) is 17.7. The van der Waals surface area contributed by atoms with Crippen LogP contribution in [0, 0.1) is 11.8 Å². The van der Waals surface area contributed by atoms with Crippen molar-refractivity contribution >= 4 is 5.91 Å². The lowest BCUT2D eigenvalue weighted by Crippen LogP contribution is -2.53. The smallest absolute Gasteiger partial charge is 0.255 e. The number of aliphatic hydroxyl groups is 2. The number of aliphatic hydroxyl groups excluding tert-OH is 1. The number of carbonyl (C=O) groups is 1. The van der Waals surface area contributed by atoms with E-state index in [0.29, 0.717) is 17.9 Å². The Kier molecular flexibility index (Phi) is 9.95. The normalized spacial score (nSPS) is 16.0. The highest BCUT2D eigenvalue weighted by atomic mass is 16.3. The molecule has 1 heterocycles. The predicted molar refractivity (Wildman–Crippen MR) is 110 cm³/mol. The average molecular weight is 379 g/mol. The average Bonchev–Trinajstić information content (AvgIpc) is 2.61. The van der Waals surface area contributed by atoms with E-state index in [9.17, 15) is 15.0 Å². The molecular formula is C22H38N2O3. The molecule has 1 aromatic heterocycles. The van der Waals surface area contributed by atoms with E-state index < -0.39 is 11.6 Å². The van der Waals surface area contributed by atoms with Gasteiger partial charge in [0.1, 0.15) is 0 Å². The first-order chi connectivity index (χ1) is 12.7. The second-order valence-electron chi connectivity index (χ2n) is 8.54. The van der Waals surface area contributed by atoms with Crippen molar-refractivity contribution in [1.82, 2.24) is 9.88 Å². The lowest BCUT2D eigenvalue weighted by Gasteiger charge is -2.38. The lowest BCUT2D eigenvalue weighted by molar-refractivity contribution is -0.0466. The lowest BCUT2D eigenvalue weighted by atomic mass is 9.87. The Bertz CT molecular complexity index is 546. The van der Waals surface area contributed by atoms with E-state index in [1.165, 1.54) is 30.4 Å². The summed E-state index contributed by atoms with van der Waals surface area (Å²) in [6, 6.07) is 2.74. The van der Waals surface area contributed by atoms with Crippen molar-refractivity contribution in [3.05, 3.63) is 30.1 Å². The molecule has 0 bridgehead atoms. The molecule has 3 unspecified atom stereocenters. The summed E-state index contributed by atoms with van der Waals surface area (Å²) in [4.78, 5) is 18.0. The Morgan fingerprint density at radius 3 is 2.44 bits per heavy atom. The molecular weight excluding hydrogens is 340 g/mol. The van der Waals surface area contributed by atoms with Gasteiger partial charge in [0, 0.05) is 19.4 Å². The molecule has 1 amide bonds. The van der Waals surface area contributed by atoms with E-state index in [1.54, 1.807) is 32.3 Å². The van der Waals surface area contributed by atoms with Gasteiger partial charge in [0.15, 0.2) is 0 Å². The predicted octanol–water partition coefficient (Wildman–Crippen LogP) is 3.90. The van der Waals surface area contributed by atoms with Crippen LogP contribution >= 0.6 is 0 Å². The largest absolute Gasteiger partial charge is 0.394 e. The maximum absolute atomic E-state index is 12.6. The van der Waals surface area contributed by atoms with Crippen molar-refractivity contribution < 1.29 is 15.0 Å². The van der Waals surface area contributed by atoms with E-state index in [-0.39, 0.29) is 12.5 Å². The van der Waals surface area contributed by atoms with E-state index in [4.69, 9.17) is 0 Å². The van der Waals surface area contributed by atoms with Gasteiger partial charge < -0.3 is 15.1 Å². The molecule has 5 nitrogen and oxygen atoms in total. The number of hydrogen-bond donors (Lipinski definition) is 2. The van der Waals surface area contributed by atoms with Crippen molar-refractivity contribution in [2.45, 2.75) is 77.9 Å². The van der Waals surface area contributed by atoms with Gasteiger partial charge in [-0.2, -0.15) is 0 Å². The Morgan fingerprint density at radius 2 is 1.89 bits per heavy atom. The summed E-state index contributed by atoms with van der Waals surface area (Å²) >= 11 is 0. The Morgan fingerprint density at radius 1 is 1.22 bits per heavy atom. The fourth-order valence-electron chi connectivity index (χ4n) is 3.56. The summed E-state index contributed by atoms with van der Waals surface area (Å²) in [6.45, 7) is 8.20. The van der Waals surface area contributed by atoms with Crippen LogP contribution in [0.1, 0.15) is 76.6 Å². The van der Waals surface area contributed by atoms with Crippen molar-refractivity contribution in [1.29, 1.82) is 0 Å². The van der Waals surface area contributed by atoms with Crippen LogP contribution in [-0.2, 0) is 0 Å². The molecule has 0 aliphatic rings. The molecule has 0 fully saturated rings. The molecule has 0 saturated carbocycles. The van der Waals surface area contributed by atoms with Gasteiger partial charge in [-0.05, 0) is 37.3 Å². The van der Waals surface area contributed by atoms with Crippen LogP contribution in [0.3, 0.4) is 0 Å². The van der Waals surface area contributed by atoms with E-state index in [2.05, 4.69) is 25.8 Å². The highest BCUT2D eigenvalue weighted by Gasteiger charge is 2.36. The molecule has 2 N–H and O–H groups in total. The van der Waals surface area contributed by atoms with Gasteiger partial charge in [0.2, 0.25) is 0 Å². The minimum absolute atomic E-state index is 0.246. The zero-order valence-electron chi connectivity index (χ0n) is 17.7. The molecule has 1 aromatic rings. The first-order valence-electron chi connectivity index (χ1n) is 10.2. The van der Waals surface area contributed by atoms with Crippen molar-refractivity contribution in [3.8, 4) is 0 Å². The highest BCUT2D eigenvalue weighted by molar-refractivity contribution is 5.94. The Labute approximate surface area is 164 Å². The molecule has 0 aliphatic carbocycles. The van der Waals surface area contributed by atoms with E-state index in [0.717, 1.165) is 18.8 Å². The maximum Gasteiger partial charge on any atom is 0.255 e. The van der Waals surface area contributed by atoms with Gasteiger partial charge in [-0.1, -0.05) is 52.9 Å². The van der Waals surface area contributed by atoms with Crippen molar-refractivity contribution in [3.63, 3.8) is 0 Å². The third-order valence-electron chi connectivity index (χ3n) is 5.45. The summed E-state index contributed by atoms with van der Waals surface area (Å²) < 4.78 is 0. The number of aromatic nitrogens is 1. The number of likely N-dealkylation sites (N-methyl/N-ethyl adjacent to an activating group) is 1. The van der Waals surface area contributed by atoms with Gasteiger partial charge in [0.25, 0.3) is 5.91 Å². The standard InChI is InChI=1S/C22H38N2O3/c1-17(2)9-6-10-18(3)11-7-13-22(4,27)20(16-25)24(5)21(26)19-12-8-14-23-15-19/h8,12,14-15,17-18,20,25,27H,6-7,9-11,13,16H2,1-5H3. The minimum atomic E-state index is -1.14. The second-order valence-corrected chi connectivity index (χ2v) is 8.54. The van der Waals surface area contributed by atoms with Gasteiger partial charge in [-0.3, -0.25) is 9.78 Å². The third kappa shape index (κ3) is 7.97. The number of amides is 1. The topological polar surface area (TPSA) is 73.7 Å². The highest BCUT2D eigenvalue weighted by Crippen LogP contribution is 2.25. The van der Waals surface area contributed by atoms with Crippen LogP contribution in [0.4, 0.5) is 0 Å². The molecule has 1 rings (SSSR count). The quantitative estimate of drug-likeness (QED) is 0.578. The Balaban J connectivity index is 2.56. The van der Waals surface area contributed by atoms with Gasteiger partial charge >= 0.3 is 0 Å². The second kappa shape index (κ2) is 11.4. The molecule has 0 saturated heterocycles. The van der Waals surface area contributed by atoms with E-state index >= 15 is 0 Å². The molecule has 5 heteroatoms. The summed E-state index contributed by atoms with van der Waals surface area (Å²) in [5.74, 6) is 1.13. The zero-order chi connectivity index (χ0) is 20.4. The van der Waals surface area contributed by atoms with Crippen LogP contribution in [0.2, 0.25) is 0 Å². The van der Waals surface area contributed by atoms with Crippen molar-refractivity contribution in [2.75, 3.05) is 13.7 Å². The number of pyridine rings is 1. The maximum atomic E-state index is 12.6. The van der Waals surface area contributed by atoms with Crippen molar-refractivity contribution in [2.24, 2.45) is 11.8 Å². The van der Waals surface area contributed by atoms with Crippen LogP contribution in [0.5, 0.6) is 0 Å². The van der Waals surface area contributed by atoms with Gasteiger partial charge in [-0.25, -0.2) is 0 Å². The molecule has 0 radical (unpaired) electrons. The number of hydrogen-bond acceptors (Lipinski definition) is 4. The Hall–Kier alpha value is -1.46. The van der Waals surface area contributed by atoms with Gasteiger partial charge in [-0.15, -0.1) is 0 Å². The molecule has 3 atom stereocenters. The van der Waals surface area contributed by atoms with Gasteiger partial charge in [0.05, 0.1) is 23.8 Å². The summed E-state index contributed by atoms with van der Waals surface area (Å²) in [5, 5.41) is 20.8. The number of nitrogens with zero attached hydrogens (tertiary/aromatic N) is 2. The summed E-state index contributed by atoms with van der Waals surface area (Å²) in [6.07, 6.45) is 9.31. The fraction of sp³-hybridized carbons (Fsp3) is 0.727. The molecule has 0 aliphatic heterocycles. The van der Waals surface area contributed by atoms with Crippen LogP contribution in [0.15, 0.2) is 24.5 Å². The van der Waals surface area contributed by atoms with Crippen LogP contribution in [0.25, 0.3) is 0 Å². The number of rotatable bonds is 12.